The van der Waals surface area contributed by atoms with E-state index in [0.717, 1.165) is 0 Å². The van der Waals surface area contributed by atoms with Crippen LogP contribution in [0.3, 0.4) is 0 Å². The van der Waals surface area contributed by atoms with E-state index in [0.29, 0.717) is 6.04 Å². The maximum absolute atomic E-state index is 4.24. The molecule has 0 fully saturated rings. The van der Waals surface area contributed by atoms with E-state index >= 15 is 0 Å². The Morgan fingerprint density at radius 2 is 1.83 bits per heavy atom. The van der Waals surface area contributed by atoms with Crippen molar-refractivity contribution in [2.45, 2.75) is 19.9 Å². The van der Waals surface area contributed by atoms with Gasteiger partial charge in [0.05, 0.1) is 0 Å². The largest absolute Gasteiger partial charge is 0.294 e. The maximum atomic E-state index is 4.24. The SMILES string of the molecule is CC(C)N=C[CH]c1ccccc1. The molecule has 1 rings (SSSR count). The molecule has 1 heteroatoms. The van der Waals surface area contributed by atoms with E-state index in [4.69, 9.17) is 0 Å². The van der Waals surface area contributed by atoms with E-state index < -0.39 is 0 Å². The Bertz CT molecular complexity index is 236. The highest BCUT2D eigenvalue weighted by molar-refractivity contribution is 5.73. The number of hydrogen-bond acceptors (Lipinski definition) is 1. The van der Waals surface area contributed by atoms with Crippen molar-refractivity contribution in [2.75, 3.05) is 0 Å². The second-order valence-electron chi connectivity index (χ2n) is 2.97. The molecule has 1 aromatic carbocycles. The van der Waals surface area contributed by atoms with Gasteiger partial charge in [-0.1, -0.05) is 30.3 Å². The standard InChI is InChI=1S/C11H14N/c1-10(2)12-9-8-11-6-4-3-5-7-11/h3-10H,1-2H3. The molecule has 0 bridgehead atoms. The minimum absolute atomic E-state index is 0.380. The molecule has 0 unspecified atom stereocenters. The molecule has 0 atom stereocenters. The van der Waals surface area contributed by atoms with Crippen LogP contribution >= 0.6 is 0 Å². The van der Waals surface area contributed by atoms with Crippen molar-refractivity contribution in [1.82, 2.24) is 0 Å². The van der Waals surface area contributed by atoms with Gasteiger partial charge in [0.15, 0.2) is 0 Å². The van der Waals surface area contributed by atoms with Crippen molar-refractivity contribution >= 4 is 6.21 Å². The maximum Gasteiger partial charge on any atom is 0.0439 e. The topological polar surface area (TPSA) is 12.4 Å². The van der Waals surface area contributed by atoms with Gasteiger partial charge >= 0.3 is 0 Å². The van der Waals surface area contributed by atoms with E-state index in [9.17, 15) is 0 Å². The first-order valence-electron chi connectivity index (χ1n) is 4.20. The smallest absolute Gasteiger partial charge is 0.0439 e. The van der Waals surface area contributed by atoms with E-state index in [2.05, 4.69) is 31.0 Å². The van der Waals surface area contributed by atoms with E-state index in [1.807, 2.05) is 30.8 Å². The monoisotopic (exact) mass is 160 g/mol. The Morgan fingerprint density at radius 3 is 2.42 bits per heavy atom. The Hall–Kier alpha value is -1.11. The van der Waals surface area contributed by atoms with E-state index in [1.165, 1.54) is 5.56 Å². The molecule has 0 saturated carbocycles. The summed E-state index contributed by atoms with van der Waals surface area (Å²) in [6.45, 7) is 4.13. The first-order valence-corrected chi connectivity index (χ1v) is 4.20. The summed E-state index contributed by atoms with van der Waals surface area (Å²) in [5.74, 6) is 0. The highest BCUT2D eigenvalue weighted by Gasteiger charge is 1.87. The lowest BCUT2D eigenvalue weighted by molar-refractivity contribution is 0.841. The van der Waals surface area contributed by atoms with Crippen LogP contribution in [0.4, 0.5) is 0 Å². The van der Waals surface area contributed by atoms with Crippen LogP contribution in [0.25, 0.3) is 0 Å². The molecule has 0 amide bonds. The summed E-state index contributed by atoms with van der Waals surface area (Å²) in [6.07, 6.45) is 3.88. The molecule has 0 aromatic heterocycles. The minimum atomic E-state index is 0.380. The average molecular weight is 160 g/mol. The lowest BCUT2D eigenvalue weighted by atomic mass is 10.2. The fourth-order valence-electron chi connectivity index (χ4n) is 0.865. The molecule has 0 N–H and O–H groups in total. The van der Waals surface area contributed by atoms with Crippen LogP contribution in [0.5, 0.6) is 0 Å². The predicted molar refractivity (Wildman–Crippen MR) is 53.5 cm³/mol. The summed E-state index contributed by atoms with van der Waals surface area (Å²) in [7, 11) is 0. The fourth-order valence-corrected chi connectivity index (χ4v) is 0.865. The van der Waals surface area contributed by atoms with Crippen LogP contribution in [0.2, 0.25) is 0 Å². The molecule has 0 aliphatic carbocycles. The summed E-state index contributed by atoms with van der Waals surface area (Å²) in [4.78, 5) is 4.24. The summed E-state index contributed by atoms with van der Waals surface area (Å²) < 4.78 is 0. The second kappa shape index (κ2) is 4.70. The quantitative estimate of drug-likeness (QED) is 0.603. The van der Waals surface area contributed by atoms with Gasteiger partial charge in [0, 0.05) is 18.7 Å². The van der Waals surface area contributed by atoms with Gasteiger partial charge in [0.1, 0.15) is 0 Å². The van der Waals surface area contributed by atoms with Gasteiger partial charge in [-0.15, -0.1) is 0 Å². The van der Waals surface area contributed by atoms with Gasteiger partial charge in [0.25, 0.3) is 0 Å². The molecule has 1 aromatic rings. The zero-order valence-corrected chi connectivity index (χ0v) is 7.57. The molecule has 0 aliphatic rings. The van der Waals surface area contributed by atoms with Crippen molar-refractivity contribution < 1.29 is 0 Å². The zero-order valence-electron chi connectivity index (χ0n) is 7.57. The highest BCUT2D eigenvalue weighted by atomic mass is 14.7. The van der Waals surface area contributed by atoms with Gasteiger partial charge in [-0.25, -0.2) is 0 Å². The fraction of sp³-hybridized carbons (Fsp3) is 0.273. The number of hydrogen-bond donors (Lipinski definition) is 0. The molecule has 0 aliphatic heterocycles. The van der Waals surface area contributed by atoms with Crippen molar-refractivity contribution in [2.24, 2.45) is 4.99 Å². The zero-order chi connectivity index (χ0) is 8.81. The lowest BCUT2D eigenvalue weighted by Crippen LogP contribution is -1.90. The number of aliphatic imine (C=N–C) groups is 1. The van der Waals surface area contributed by atoms with Crippen LogP contribution in [0.15, 0.2) is 35.3 Å². The average Bonchev–Trinajstić information content (AvgIpc) is 2.05. The summed E-state index contributed by atoms with van der Waals surface area (Å²) >= 11 is 0. The normalized spacial score (nSPS) is 11.2. The number of nitrogens with zero attached hydrogens (tertiary/aromatic N) is 1. The Kier molecular flexibility index (Phi) is 3.52. The van der Waals surface area contributed by atoms with Crippen LogP contribution in [0, 0.1) is 6.42 Å². The molecular weight excluding hydrogens is 146 g/mol. The van der Waals surface area contributed by atoms with Crippen molar-refractivity contribution in [3.63, 3.8) is 0 Å². The van der Waals surface area contributed by atoms with Crippen molar-refractivity contribution in [1.29, 1.82) is 0 Å². The van der Waals surface area contributed by atoms with Crippen LogP contribution in [-0.4, -0.2) is 12.3 Å². The van der Waals surface area contributed by atoms with Crippen molar-refractivity contribution in [3.05, 3.63) is 42.3 Å². The summed E-state index contributed by atoms with van der Waals surface area (Å²) in [6, 6.07) is 10.6. The van der Waals surface area contributed by atoms with E-state index in [-0.39, 0.29) is 0 Å². The predicted octanol–water partition coefficient (Wildman–Crippen LogP) is 2.72. The molecule has 63 valence electrons. The molecule has 0 saturated heterocycles. The van der Waals surface area contributed by atoms with Crippen LogP contribution in [-0.2, 0) is 0 Å². The summed E-state index contributed by atoms with van der Waals surface area (Å²) in [5, 5.41) is 0. The van der Waals surface area contributed by atoms with Gasteiger partial charge < -0.3 is 0 Å². The first-order chi connectivity index (χ1) is 5.79. The second-order valence-corrected chi connectivity index (χ2v) is 2.97. The molecule has 0 spiro atoms. The first kappa shape index (κ1) is 8.98. The molecule has 0 heterocycles. The summed E-state index contributed by atoms with van der Waals surface area (Å²) in [5.41, 5.74) is 1.20. The number of rotatable bonds is 3. The molecule has 1 nitrogen and oxygen atoms in total. The Balaban J connectivity index is 2.43. The third kappa shape index (κ3) is 3.33. The Labute approximate surface area is 74.2 Å². The van der Waals surface area contributed by atoms with Crippen LogP contribution in [0.1, 0.15) is 19.4 Å². The lowest BCUT2D eigenvalue weighted by Gasteiger charge is -1.95. The van der Waals surface area contributed by atoms with E-state index in [1.54, 1.807) is 0 Å². The van der Waals surface area contributed by atoms with Gasteiger partial charge in [-0.3, -0.25) is 4.99 Å². The molecular formula is C11H14N. The van der Waals surface area contributed by atoms with Gasteiger partial charge in [-0.05, 0) is 19.4 Å². The van der Waals surface area contributed by atoms with Crippen molar-refractivity contribution in [3.8, 4) is 0 Å². The van der Waals surface area contributed by atoms with Gasteiger partial charge in [-0.2, -0.15) is 0 Å². The number of benzene rings is 1. The third-order valence-electron chi connectivity index (χ3n) is 1.45. The Morgan fingerprint density at radius 1 is 1.17 bits per heavy atom. The van der Waals surface area contributed by atoms with Gasteiger partial charge in [0.2, 0.25) is 0 Å². The van der Waals surface area contributed by atoms with Crippen LogP contribution < -0.4 is 0 Å². The minimum Gasteiger partial charge on any atom is -0.294 e. The highest BCUT2D eigenvalue weighted by Crippen LogP contribution is 1.99. The molecule has 1 radical (unpaired) electrons. The molecule has 12 heavy (non-hydrogen) atoms. The third-order valence-corrected chi connectivity index (χ3v) is 1.45.